The van der Waals surface area contributed by atoms with Crippen molar-refractivity contribution >= 4 is 41.5 Å². The maximum Gasteiger partial charge on any atom is 0.238 e. The van der Waals surface area contributed by atoms with Crippen molar-refractivity contribution in [1.82, 2.24) is 0 Å². The van der Waals surface area contributed by atoms with Crippen LogP contribution >= 0.6 is 11.3 Å². The molecule has 0 aliphatic rings. The number of hydrogen-bond acceptors (Lipinski definition) is 4. The lowest BCUT2D eigenvalue weighted by Gasteiger charge is -2.03. The Balaban J connectivity index is 2.50. The van der Waals surface area contributed by atoms with Gasteiger partial charge >= 0.3 is 0 Å². The lowest BCUT2D eigenvalue weighted by molar-refractivity contribution is 0.598. The van der Waals surface area contributed by atoms with E-state index >= 15 is 0 Å². The Labute approximate surface area is 113 Å². The number of fused-ring (bicyclic) bond motifs is 2. The third-order valence-corrected chi connectivity index (χ3v) is 4.94. The van der Waals surface area contributed by atoms with Crippen molar-refractivity contribution in [2.24, 2.45) is 5.14 Å². The number of sulfonamides is 1. The number of rotatable bonds is 1. The van der Waals surface area contributed by atoms with Crippen molar-refractivity contribution in [1.29, 1.82) is 0 Å². The first-order valence-corrected chi connectivity index (χ1v) is 7.81. The Hall–Kier alpha value is -1.76. The monoisotopic (exact) mass is 291 g/mol. The minimum atomic E-state index is -3.80. The smallest absolute Gasteiger partial charge is 0.238 e. The fraction of sp³-hybridized carbons (Fsp3) is 0. The quantitative estimate of drug-likeness (QED) is 0.697. The molecule has 1 heterocycles. The molecule has 0 bridgehead atoms. The van der Waals surface area contributed by atoms with Crippen LogP contribution in [0.1, 0.15) is 0 Å². The van der Waals surface area contributed by atoms with Crippen molar-refractivity contribution in [3.63, 3.8) is 0 Å². The largest absolute Gasteiger partial charge is 0.289 e. The van der Waals surface area contributed by atoms with Gasteiger partial charge in [0.25, 0.3) is 0 Å². The maximum absolute atomic E-state index is 12.3. The molecule has 19 heavy (non-hydrogen) atoms. The summed E-state index contributed by atoms with van der Waals surface area (Å²) in [4.78, 5) is 12.3. The highest BCUT2D eigenvalue weighted by Gasteiger charge is 2.11. The molecule has 2 N–H and O–H groups in total. The summed E-state index contributed by atoms with van der Waals surface area (Å²) in [5, 5.41) is 6.06. The highest BCUT2D eigenvalue weighted by molar-refractivity contribution is 7.89. The van der Waals surface area contributed by atoms with E-state index in [0.717, 1.165) is 9.40 Å². The molecule has 1 aromatic heterocycles. The Bertz CT molecular complexity index is 958. The van der Waals surface area contributed by atoms with Crippen molar-refractivity contribution in [2.75, 3.05) is 0 Å². The van der Waals surface area contributed by atoms with Crippen LogP contribution in [-0.4, -0.2) is 8.42 Å². The Morgan fingerprint density at radius 1 is 0.947 bits per heavy atom. The van der Waals surface area contributed by atoms with E-state index in [2.05, 4.69) is 0 Å². The first-order chi connectivity index (χ1) is 8.97. The van der Waals surface area contributed by atoms with Crippen molar-refractivity contribution in [3.8, 4) is 0 Å². The fourth-order valence-corrected chi connectivity index (χ4v) is 3.55. The molecule has 6 heteroatoms. The third-order valence-electron chi connectivity index (χ3n) is 2.88. The van der Waals surface area contributed by atoms with Gasteiger partial charge in [0.1, 0.15) is 0 Å². The molecule has 0 saturated carbocycles. The summed E-state index contributed by atoms with van der Waals surface area (Å²) < 4.78 is 24.3. The van der Waals surface area contributed by atoms with E-state index in [1.165, 1.54) is 23.5 Å². The molecule has 0 aliphatic heterocycles. The van der Waals surface area contributed by atoms with Crippen LogP contribution in [-0.2, 0) is 10.0 Å². The Kier molecular flexibility index (Phi) is 2.67. The number of benzene rings is 2. The van der Waals surface area contributed by atoms with Crippen LogP contribution in [0.25, 0.3) is 20.2 Å². The zero-order valence-electron chi connectivity index (χ0n) is 9.66. The third kappa shape index (κ3) is 2.03. The van der Waals surface area contributed by atoms with Gasteiger partial charge in [0, 0.05) is 20.2 Å². The summed E-state index contributed by atoms with van der Waals surface area (Å²) >= 11 is 1.45. The van der Waals surface area contributed by atoms with Crippen LogP contribution in [0.5, 0.6) is 0 Å². The molecule has 0 amide bonds. The van der Waals surface area contributed by atoms with Crippen molar-refractivity contribution in [3.05, 3.63) is 52.7 Å². The molecule has 0 unspecified atom stereocenters. The first-order valence-electron chi connectivity index (χ1n) is 5.45. The molecule has 0 radical (unpaired) electrons. The highest BCUT2D eigenvalue weighted by Crippen LogP contribution is 2.25. The van der Waals surface area contributed by atoms with Crippen LogP contribution < -0.4 is 10.6 Å². The van der Waals surface area contributed by atoms with Crippen LogP contribution in [0.4, 0.5) is 0 Å². The SMILES string of the molecule is NS(=O)(=O)c1ccc2sc3ccccc3c(=O)c2c1. The maximum atomic E-state index is 12.3. The molecule has 4 nitrogen and oxygen atoms in total. The van der Waals surface area contributed by atoms with Gasteiger partial charge in [0.2, 0.25) is 10.0 Å². The van der Waals surface area contributed by atoms with E-state index in [-0.39, 0.29) is 10.3 Å². The van der Waals surface area contributed by atoms with E-state index < -0.39 is 10.0 Å². The molecule has 0 saturated heterocycles. The van der Waals surface area contributed by atoms with E-state index in [0.29, 0.717) is 10.8 Å². The van der Waals surface area contributed by atoms with Gasteiger partial charge in [0.05, 0.1) is 4.90 Å². The van der Waals surface area contributed by atoms with Crippen molar-refractivity contribution < 1.29 is 8.42 Å². The summed E-state index contributed by atoms with van der Waals surface area (Å²) in [6, 6.07) is 11.6. The second-order valence-corrected chi connectivity index (χ2v) is 6.78. The van der Waals surface area contributed by atoms with E-state index in [4.69, 9.17) is 5.14 Å². The Morgan fingerprint density at radius 3 is 2.37 bits per heavy atom. The Morgan fingerprint density at radius 2 is 1.63 bits per heavy atom. The predicted molar refractivity (Wildman–Crippen MR) is 77.0 cm³/mol. The zero-order chi connectivity index (χ0) is 13.6. The van der Waals surface area contributed by atoms with Crippen LogP contribution in [0.2, 0.25) is 0 Å². The molecule has 0 aliphatic carbocycles. The lowest BCUT2D eigenvalue weighted by Crippen LogP contribution is -2.12. The fourth-order valence-electron chi connectivity index (χ4n) is 1.96. The van der Waals surface area contributed by atoms with Gasteiger partial charge in [-0.3, -0.25) is 4.79 Å². The minimum Gasteiger partial charge on any atom is -0.289 e. The standard InChI is InChI=1S/C13H9NO3S2/c14-19(16,17)8-5-6-12-10(7-8)13(15)9-3-1-2-4-11(9)18-12/h1-7H,(H2,14,16,17). The van der Waals surface area contributed by atoms with Crippen molar-refractivity contribution in [2.45, 2.75) is 4.90 Å². The summed E-state index contributed by atoms with van der Waals surface area (Å²) in [5.74, 6) is 0. The normalized spacial score (nSPS) is 12.1. The van der Waals surface area contributed by atoms with Gasteiger partial charge < -0.3 is 0 Å². The minimum absolute atomic E-state index is 0.0421. The zero-order valence-corrected chi connectivity index (χ0v) is 11.3. The van der Waals surface area contributed by atoms with Gasteiger partial charge in [-0.05, 0) is 30.3 Å². The highest BCUT2D eigenvalue weighted by atomic mass is 32.2. The van der Waals surface area contributed by atoms with Gasteiger partial charge in [0.15, 0.2) is 5.43 Å². The summed E-state index contributed by atoms with van der Waals surface area (Å²) in [7, 11) is -3.80. The predicted octanol–water partition coefficient (Wildman–Crippen LogP) is 2.06. The second-order valence-electron chi connectivity index (χ2n) is 4.13. The van der Waals surface area contributed by atoms with Gasteiger partial charge in [-0.25, -0.2) is 13.6 Å². The average Bonchev–Trinajstić information content (AvgIpc) is 2.37. The van der Waals surface area contributed by atoms with Crippen LogP contribution in [0, 0.1) is 0 Å². The summed E-state index contributed by atoms with van der Waals surface area (Å²) in [6.07, 6.45) is 0. The molecule has 0 atom stereocenters. The molecular formula is C13H9NO3S2. The molecule has 2 aromatic carbocycles. The lowest BCUT2D eigenvalue weighted by atomic mass is 10.2. The molecular weight excluding hydrogens is 282 g/mol. The topological polar surface area (TPSA) is 77.2 Å². The first kappa shape index (κ1) is 12.3. The average molecular weight is 291 g/mol. The van der Waals surface area contributed by atoms with Crippen LogP contribution in [0.3, 0.4) is 0 Å². The molecule has 0 spiro atoms. The molecule has 96 valence electrons. The van der Waals surface area contributed by atoms with Gasteiger partial charge in [-0.15, -0.1) is 11.3 Å². The molecule has 3 rings (SSSR count). The van der Waals surface area contributed by atoms with Gasteiger partial charge in [-0.2, -0.15) is 0 Å². The van der Waals surface area contributed by atoms with Crippen LogP contribution in [0.15, 0.2) is 52.2 Å². The summed E-state index contributed by atoms with van der Waals surface area (Å²) in [5.41, 5.74) is -0.171. The van der Waals surface area contributed by atoms with Gasteiger partial charge in [-0.1, -0.05) is 12.1 Å². The summed E-state index contributed by atoms with van der Waals surface area (Å²) in [6.45, 7) is 0. The number of hydrogen-bond donors (Lipinski definition) is 1. The van der Waals surface area contributed by atoms with E-state index in [1.54, 1.807) is 18.2 Å². The molecule has 3 aromatic rings. The van der Waals surface area contributed by atoms with E-state index in [9.17, 15) is 13.2 Å². The second kappa shape index (κ2) is 4.12. The number of nitrogens with two attached hydrogens (primary N) is 1. The van der Waals surface area contributed by atoms with E-state index in [1.807, 2.05) is 12.1 Å². The number of primary sulfonamides is 1. The molecule has 0 fully saturated rings.